The van der Waals surface area contributed by atoms with Gasteiger partial charge in [-0.1, -0.05) is 47.5 Å². The smallest absolute Gasteiger partial charge is 0.241 e. The standard InChI is InChI=1S/C25H23Cl2N3O4S/c26-17-8-9-23(21(16-17)18-4-1-2-6-22(18)27)34-15-14-28-12-13-30-35(32,33)24-7-3-5-20-19(24)10-11-29-25(20)31/h1-11,16,28,30H,12-15H2,(H,29,31). The molecule has 4 aromatic rings. The number of nitrogens with zero attached hydrogens (tertiary/aromatic N) is 1. The fourth-order valence-corrected chi connectivity index (χ4v) is 5.29. The lowest BCUT2D eigenvalue weighted by Gasteiger charge is -2.14. The van der Waals surface area contributed by atoms with E-state index in [2.05, 4.69) is 15.0 Å². The molecule has 0 amide bonds. The van der Waals surface area contributed by atoms with Crippen molar-refractivity contribution >= 4 is 44.0 Å². The first-order valence-electron chi connectivity index (χ1n) is 10.8. The fraction of sp³-hybridized carbons (Fsp3) is 0.160. The molecule has 0 saturated carbocycles. The molecule has 0 aliphatic heterocycles. The highest BCUT2D eigenvalue weighted by molar-refractivity contribution is 7.89. The second-order valence-corrected chi connectivity index (χ2v) is 10.2. The van der Waals surface area contributed by atoms with Gasteiger partial charge < -0.3 is 15.2 Å². The monoisotopic (exact) mass is 531 g/mol. The zero-order valence-electron chi connectivity index (χ0n) is 18.5. The number of ether oxygens (including phenoxy) is 1. The summed E-state index contributed by atoms with van der Waals surface area (Å²) < 4.78 is 34.0. The number of pyridine rings is 1. The number of hydrogen-bond acceptors (Lipinski definition) is 6. The molecule has 0 aliphatic carbocycles. The van der Waals surface area contributed by atoms with Crippen LogP contribution in [-0.4, -0.2) is 44.7 Å². The van der Waals surface area contributed by atoms with Crippen LogP contribution in [0.15, 0.2) is 77.8 Å². The topological polar surface area (TPSA) is 101 Å². The van der Waals surface area contributed by atoms with Gasteiger partial charge in [-0.15, -0.1) is 0 Å². The van der Waals surface area contributed by atoms with Crippen LogP contribution in [0.1, 0.15) is 0 Å². The molecule has 1 aromatic heterocycles. The molecule has 0 aliphatic rings. The number of fused-ring (bicyclic) bond motifs is 1. The zero-order chi connectivity index (χ0) is 24.8. The van der Waals surface area contributed by atoms with Gasteiger partial charge in [-0.05, 0) is 42.5 Å². The van der Waals surface area contributed by atoms with E-state index in [1.54, 1.807) is 30.3 Å². The molecular formula is C25H23Cl2N3O4S. The minimum absolute atomic E-state index is 0.0888. The van der Waals surface area contributed by atoms with Crippen LogP contribution in [0.25, 0.3) is 21.9 Å². The van der Waals surface area contributed by atoms with Crippen molar-refractivity contribution in [2.45, 2.75) is 4.90 Å². The molecule has 0 bridgehead atoms. The van der Waals surface area contributed by atoms with E-state index in [1.165, 1.54) is 12.3 Å². The summed E-state index contributed by atoms with van der Waals surface area (Å²) in [7, 11) is -3.77. The van der Waals surface area contributed by atoms with Crippen molar-refractivity contribution in [1.29, 1.82) is 0 Å². The van der Waals surface area contributed by atoms with E-state index in [9.17, 15) is 13.5 Å². The number of sulfonamides is 1. The Morgan fingerprint density at radius 3 is 2.54 bits per heavy atom. The molecular weight excluding hydrogens is 509 g/mol. The predicted molar refractivity (Wildman–Crippen MR) is 139 cm³/mol. The fourth-order valence-electron chi connectivity index (χ4n) is 3.63. The highest BCUT2D eigenvalue weighted by atomic mass is 35.5. The van der Waals surface area contributed by atoms with Gasteiger partial charge in [0.2, 0.25) is 15.9 Å². The van der Waals surface area contributed by atoms with Crippen molar-refractivity contribution in [1.82, 2.24) is 15.0 Å². The van der Waals surface area contributed by atoms with Gasteiger partial charge in [-0.25, -0.2) is 18.1 Å². The van der Waals surface area contributed by atoms with Crippen molar-refractivity contribution in [3.05, 3.63) is 83.0 Å². The Kier molecular flexibility index (Phi) is 8.10. The van der Waals surface area contributed by atoms with E-state index in [1.807, 2.05) is 30.3 Å². The lowest BCUT2D eigenvalue weighted by atomic mass is 10.0. The number of rotatable bonds is 10. The Morgan fingerprint density at radius 1 is 0.886 bits per heavy atom. The minimum atomic E-state index is -3.77. The van der Waals surface area contributed by atoms with Crippen molar-refractivity contribution in [3.63, 3.8) is 0 Å². The molecule has 35 heavy (non-hydrogen) atoms. The number of nitrogens with one attached hydrogen (secondary N) is 2. The van der Waals surface area contributed by atoms with E-state index in [4.69, 9.17) is 27.9 Å². The number of aromatic nitrogens is 1. The quantitative estimate of drug-likeness (QED) is 0.252. The van der Waals surface area contributed by atoms with Crippen LogP contribution in [-0.2, 0) is 10.0 Å². The van der Waals surface area contributed by atoms with Gasteiger partial charge in [-0.3, -0.25) is 0 Å². The maximum absolute atomic E-state index is 12.8. The van der Waals surface area contributed by atoms with Crippen LogP contribution < -0.4 is 14.8 Å². The molecule has 0 saturated heterocycles. The molecule has 0 radical (unpaired) electrons. The molecule has 4 rings (SSSR count). The summed E-state index contributed by atoms with van der Waals surface area (Å²) in [6.45, 7) is 1.45. The second kappa shape index (κ2) is 11.2. The Hall–Kier alpha value is -2.88. The van der Waals surface area contributed by atoms with E-state index < -0.39 is 10.0 Å². The van der Waals surface area contributed by atoms with Gasteiger partial charge in [0, 0.05) is 57.8 Å². The maximum Gasteiger partial charge on any atom is 0.241 e. The molecule has 10 heteroatoms. The third-order valence-electron chi connectivity index (χ3n) is 5.27. The lowest BCUT2D eigenvalue weighted by Crippen LogP contribution is -2.33. The van der Waals surface area contributed by atoms with Gasteiger partial charge in [0.25, 0.3) is 0 Å². The SMILES string of the molecule is O=S(=O)(NCCNCCOc1ccc(Cl)cc1-c1ccccc1Cl)c1cccc2c(O)nccc12. The number of benzene rings is 3. The summed E-state index contributed by atoms with van der Waals surface area (Å²) >= 11 is 12.5. The van der Waals surface area contributed by atoms with Crippen molar-refractivity contribution in [2.75, 3.05) is 26.2 Å². The summed E-state index contributed by atoms with van der Waals surface area (Å²) in [6, 6.07) is 19.1. The summed E-state index contributed by atoms with van der Waals surface area (Å²) in [5.74, 6) is 0.443. The first-order valence-corrected chi connectivity index (χ1v) is 13.0. The third kappa shape index (κ3) is 6.04. The van der Waals surface area contributed by atoms with Gasteiger partial charge in [-0.2, -0.15) is 0 Å². The Balaban J connectivity index is 1.29. The van der Waals surface area contributed by atoms with Gasteiger partial charge in [0.1, 0.15) is 12.4 Å². The molecule has 7 nitrogen and oxygen atoms in total. The summed E-state index contributed by atoms with van der Waals surface area (Å²) in [5.41, 5.74) is 1.62. The predicted octanol–water partition coefficient (Wildman–Crippen LogP) is 4.86. The normalized spacial score (nSPS) is 11.6. The van der Waals surface area contributed by atoms with Gasteiger partial charge >= 0.3 is 0 Å². The van der Waals surface area contributed by atoms with E-state index in [0.29, 0.717) is 46.3 Å². The van der Waals surface area contributed by atoms with Crippen molar-refractivity contribution < 1.29 is 18.3 Å². The molecule has 0 fully saturated rings. The maximum atomic E-state index is 12.8. The Bertz CT molecular complexity index is 1450. The zero-order valence-corrected chi connectivity index (χ0v) is 20.9. The van der Waals surface area contributed by atoms with Crippen LogP contribution in [0.5, 0.6) is 11.6 Å². The molecule has 0 atom stereocenters. The summed E-state index contributed by atoms with van der Waals surface area (Å²) in [6.07, 6.45) is 1.37. The number of hydrogen-bond donors (Lipinski definition) is 3. The molecule has 3 N–H and O–H groups in total. The molecule has 1 heterocycles. The average Bonchev–Trinajstić information content (AvgIpc) is 2.84. The first-order chi connectivity index (χ1) is 16.9. The second-order valence-electron chi connectivity index (χ2n) is 7.60. The van der Waals surface area contributed by atoms with E-state index in [0.717, 1.165) is 11.1 Å². The Morgan fingerprint density at radius 2 is 1.71 bits per heavy atom. The summed E-state index contributed by atoms with van der Waals surface area (Å²) in [5, 5.41) is 15.0. The van der Waals surface area contributed by atoms with Crippen LogP contribution in [0, 0.1) is 0 Å². The Labute approximate surface area is 213 Å². The van der Waals surface area contributed by atoms with Crippen LogP contribution in [0.3, 0.4) is 0 Å². The highest BCUT2D eigenvalue weighted by Gasteiger charge is 2.18. The largest absolute Gasteiger partial charge is 0.493 e. The molecule has 3 aromatic carbocycles. The van der Waals surface area contributed by atoms with Gasteiger partial charge in [0.05, 0.1) is 4.90 Å². The van der Waals surface area contributed by atoms with Crippen molar-refractivity contribution in [3.8, 4) is 22.8 Å². The molecule has 182 valence electrons. The van der Waals surface area contributed by atoms with Crippen LogP contribution in [0.2, 0.25) is 10.0 Å². The van der Waals surface area contributed by atoms with Crippen LogP contribution >= 0.6 is 23.2 Å². The number of aromatic hydroxyl groups is 1. The third-order valence-corrected chi connectivity index (χ3v) is 7.35. The van der Waals surface area contributed by atoms with Crippen molar-refractivity contribution in [2.24, 2.45) is 0 Å². The lowest BCUT2D eigenvalue weighted by molar-refractivity contribution is 0.316. The average molecular weight is 532 g/mol. The minimum Gasteiger partial charge on any atom is -0.493 e. The van der Waals surface area contributed by atoms with E-state index in [-0.39, 0.29) is 17.3 Å². The first kappa shape index (κ1) is 25.2. The molecule has 0 unspecified atom stereocenters. The van der Waals surface area contributed by atoms with Crippen LogP contribution in [0.4, 0.5) is 0 Å². The van der Waals surface area contributed by atoms with Gasteiger partial charge in [0.15, 0.2) is 0 Å². The number of halogens is 2. The summed E-state index contributed by atoms with van der Waals surface area (Å²) in [4.78, 5) is 3.88. The van der Waals surface area contributed by atoms with E-state index >= 15 is 0 Å². The highest BCUT2D eigenvalue weighted by Crippen LogP contribution is 2.36. The molecule has 0 spiro atoms.